The lowest BCUT2D eigenvalue weighted by atomic mass is 10.1. The minimum Gasteiger partial charge on any atom is -0.376 e. The van der Waals surface area contributed by atoms with Crippen molar-refractivity contribution in [2.45, 2.75) is 36.7 Å². The van der Waals surface area contributed by atoms with E-state index >= 15 is 0 Å². The van der Waals surface area contributed by atoms with E-state index < -0.39 is 10.0 Å². The van der Waals surface area contributed by atoms with Crippen molar-refractivity contribution >= 4 is 33.2 Å². The molecule has 34 heavy (non-hydrogen) atoms. The predicted molar refractivity (Wildman–Crippen MR) is 129 cm³/mol. The average Bonchev–Trinajstić information content (AvgIpc) is 3.57. The van der Waals surface area contributed by atoms with E-state index in [1.54, 1.807) is 36.4 Å². The van der Waals surface area contributed by atoms with E-state index in [-0.39, 0.29) is 29.4 Å². The van der Waals surface area contributed by atoms with Crippen molar-refractivity contribution in [3.63, 3.8) is 0 Å². The van der Waals surface area contributed by atoms with E-state index in [1.165, 1.54) is 16.4 Å². The zero-order valence-electron chi connectivity index (χ0n) is 19.0. The maximum absolute atomic E-state index is 12.6. The van der Waals surface area contributed by atoms with Crippen molar-refractivity contribution < 1.29 is 22.7 Å². The van der Waals surface area contributed by atoms with Gasteiger partial charge in [0.25, 0.3) is 5.91 Å². The van der Waals surface area contributed by atoms with E-state index in [0.717, 1.165) is 32.3 Å². The molecule has 9 nitrogen and oxygen atoms in total. The zero-order chi connectivity index (χ0) is 24.0. The van der Waals surface area contributed by atoms with Gasteiger partial charge in [0.05, 0.1) is 23.1 Å². The first-order valence-electron chi connectivity index (χ1n) is 11.6. The number of hydrogen-bond donors (Lipinski definition) is 3. The number of amides is 2. The van der Waals surface area contributed by atoms with Crippen LogP contribution in [0.4, 0.5) is 11.4 Å². The molecule has 0 radical (unpaired) electrons. The molecule has 0 bridgehead atoms. The van der Waals surface area contributed by atoms with Gasteiger partial charge in [0.1, 0.15) is 0 Å². The number of para-hydroxylation sites is 1. The minimum atomic E-state index is -3.49. The largest absolute Gasteiger partial charge is 0.376 e. The van der Waals surface area contributed by atoms with Gasteiger partial charge >= 0.3 is 0 Å². The van der Waals surface area contributed by atoms with Crippen LogP contribution in [0, 0.1) is 0 Å². The Morgan fingerprint density at radius 1 is 1.00 bits per heavy atom. The van der Waals surface area contributed by atoms with Crippen LogP contribution >= 0.6 is 0 Å². The van der Waals surface area contributed by atoms with Crippen LogP contribution in [0.25, 0.3) is 0 Å². The molecule has 2 fully saturated rings. The van der Waals surface area contributed by atoms with Crippen molar-refractivity contribution in [2.24, 2.45) is 0 Å². The Morgan fingerprint density at radius 3 is 2.44 bits per heavy atom. The number of hydrogen-bond acceptors (Lipinski definition) is 6. The minimum absolute atomic E-state index is 0.0478. The molecule has 0 aromatic heterocycles. The molecule has 0 aliphatic carbocycles. The van der Waals surface area contributed by atoms with Crippen LogP contribution in [0.15, 0.2) is 53.4 Å². The standard InChI is InChI=1S/C24H30N4O5S/c29-23(27-18-9-11-20(12-10-18)34(31,32)28-13-3-4-14-28)17-25-22-8-2-1-7-21(22)24(30)26-16-19-6-5-15-33-19/h1-2,7-12,19,25H,3-6,13-17H2,(H,26,30)(H,27,29)/t19-/m1/s1. The number of nitrogens with zero attached hydrogens (tertiary/aromatic N) is 1. The van der Waals surface area contributed by atoms with Crippen LogP contribution in [-0.4, -0.2) is 63.4 Å². The highest BCUT2D eigenvalue weighted by Crippen LogP contribution is 2.22. The second-order valence-corrected chi connectivity index (χ2v) is 10.4. The summed E-state index contributed by atoms with van der Waals surface area (Å²) in [6, 6.07) is 13.2. The van der Waals surface area contributed by atoms with Crippen molar-refractivity contribution in [2.75, 3.05) is 43.4 Å². The molecule has 2 saturated heterocycles. The molecule has 2 heterocycles. The molecular weight excluding hydrogens is 456 g/mol. The van der Waals surface area contributed by atoms with E-state index in [1.807, 2.05) is 0 Å². The van der Waals surface area contributed by atoms with Gasteiger partial charge < -0.3 is 20.7 Å². The van der Waals surface area contributed by atoms with Crippen molar-refractivity contribution in [1.29, 1.82) is 0 Å². The summed E-state index contributed by atoms with van der Waals surface area (Å²) in [5, 5.41) is 8.64. The third-order valence-electron chi connectivity index (χ3n) is 5.97. The molecule has 0 unspecified atom stereocenters. The third-order valence-corrected chi connectivity index (χ3v) is 7.88. The fourth-order valence-electron chi connectivity index (χ4n) is 4.11. The molecule has 3 N–H and O–H groups in total. The monoisotopic (exact) mass is 486 g/mol. The lowest BCUT2D eigenvalue weighted by molar-refractivity contribution is -0.114. The summed E-state index contributed by atoms with van der Waals surface area (Å²) < 4.78 is 32.3. The van der Waals surface area contributed by atoms with Crippen LogP contribution in [-0.2, 0) is 19.6 Å². The molecule has 182 valence electrons. The molecule has 2 aromatic rings. The molecule has 2 aliphatic rings. The molecule has 2 aliphatic heterocycles. The summed E-state index contributed by atoms with van der Waals surface area (Å²) in [7, 11) is -3.49. The number of rotatable bonds is 9. The smallest absolute Gasteiger partial charge is 0.253 e. The van der Waals surface area contributed by atoms with Gasteiger partial charge in [-0.25, -0.2) is 8.42 Å². The summed E-state index contributed by atoms with van der Waals surface area (Å²) in [5.41, 5.74) is 1.49. The van der Waals surface area contributed by atoms with Crippen molar-refractivity contribution in [3.05, 3.63) is 54.1 Å². The summed E-state index contributed by atoms with van der Waals surface area (Å²) in [5.74, 6) is -0.543. The lowest BCUT2D eigenvalue weighted by Crippen LogP contribution is -2.32. The number of nitrogens with one attached hydrogen (secondary N) is 3. The van der Waals surface area contributed by atoms with Gasteiger partial charge in [-0.3, -0.25) is 9.59 Å². The fourth-order valence-corrected chi connectivity index (χ4v) is 5.63. The number of benzene rings is 2. The van der Waals surface area contributed by atoms with Crippen LogP contribution in [0.3, 0.4) is 0 Å². The Balaban J connectivity index is 1.30. The van der Waals surface area contributed by atoms with Gasteiger partial charge in [0, 0.05) is 37.6 Å². The van der Waals surface area contributed by atoms with E-state index in [4.69, 9.17) is 4.74 Å². The summed E-state index contributed by atoms with van der Waals surface area (Å²) >= 11 is 0. The molecule has 10 heteroatoms. The molecule has 0 spiro atoms. The highest BCUT2D eigenvalue weighted by atomic mass is 32.2. The highest BCUT2D eigenvalue weighted by Gasteiger charge is 2.27. The summed E-state index contributed by atoms with van der Waals surface area (Å²) in [6.45, 7) is 2.21. The zero-order valence-corrected chi connectivity index (χ0v) is 19.8. The maximum atomic E-state index is 12.6. The average molecular weight is 487 g/mol. The SMILES string of the molecule is O=C(CNc1ccccc1C(=O)NC[C@H]1CCCO1)Nc1ccc(S(=O)(=O)N2CCCC2)cc1. The number of carbonyl (C=O) groups excluding carboxylic acids is 2. The predicted octanol–water partition coefficient (Wildman–Crippen LogP) is 2.43. The quantitative estimate of drug-likeness (QED) is 0.501. The first-order chi connectivity index (χ1) is 16.4. The van der Waals surface area contributed by atoms with Gasteiger partial charge in [-0.2, -0.15) is 4.31 Å². The van der Waals surface area contributed by atoms with E-state index in [2.05, 4.69) is 16.0 Å². The van der Waals surface area contributed by atoms with Crippen molar-refractivity contribution in [1.82, 2.24) is 9.62 Å². The van der Waals surface area contributed by atoms with Crippen molar-refractivity contribution in [3.8, 4) is 0 Å². The maximum Gasteiger partial charge on any atom is 0.253 e. The second-order valence-electron chi connectivity index (χ2n) is 8.43. The number of carbonyl (C=O) groups is 2. The van der Waals surface area contributed by atoms with Crippen LogP contribution < -0.4 is 16.0 Å². The van der Waals surface area contributed by atoms with Gasteiger partial charge in [0.2, 0.25) is 15.9 Å². The van der Waals surface area contributed by atoms with Gasteiger partial charge in [-0.1, -0.05) is 12.1 Å². The number of sulfonamides is 1. The van der Waals surface area contributed by atoms with Gasteiger partial charge in [0.15, 0.2) is 0 Å². The van der Waals surface area contributed by atoms with Crippen LogP contribution in [0.1, 0.15) is 36.0 Å². The summed E-state index contributed by atoms with van der Waals surface area (Å²) in [4.78, 5) is 25.3. The molecule has 2 amide bonds. The first kappa shape index (κ1) is 24.2. The highest BCUT2D eigenvalue weighted by molar-refractivity contribution is 7.89. The number of ether oxygens (including phenoxy) is 1. The Bertz CT molecular complexity index is 1110. The van der Waals surface area contributed by atoms with Crippen LogP contribution in [0.2, 0.25) is 0 Å². The lowest BCUT2D eigenvalue weighted by Gasteiger charge is -2.16. The van der Waals surface area contributed by atoms with Gasteiger partial charge in [-0.05, 0) is 62.1 Å². The normalized spacial score (nSPS) is 18.5. The summed E-state index contributed by atoms with van der Waals surface area (Å²) in [6.07, 6.45) is 3.74. The molecule has 1 atom stereocenters. The Morgan fingerprint density at radius 2 is 1.74 bits per heavy atom. The Hall–Kier alpha value is -2.95. The van der Waals surface area contributed by atoms with E-state index in [9.17, 15) is 18.0 Å². The van der Waals surface area contributed by atoms with Crippen LogP contribution in [0.5, 0.6) is 0 Å². The Labute approximate surface area is 199 Å². The Kier molecular flexibility index (Phi) is 7.81. The molecule has 2 aromatic carbocycles. The molecule has 0 saturated carbocycles. The number of anilines is 2. The third kappa shape index (κ3) is 5.94. The fraction of sp³-hybridized carbons (Fsp3) is 0.417. The second kappa shape index (κ2) is 11.0. The molecular formula is C24H30N4O5S. The topological polar surface area (TPSA) is 117 Å². The molecule has 4 rings (SSSR count). The van der Waals surface area contributed by atoms with E-state index in [0.29, 0.717) is 36.6 Å². The first-order valence-corrected chi connectivity index (χ1v) is 13.0. The van der Waals surface area contributed by atoms with Gasteiger partial charge in [-0.15, -0.1) is 0 Å².